The first-order chi connectivity index (χ1) is 9.63. The molecule has 1 fully saturated rings. The van der Waals surface area contributed by atoms with Crippen LogP contribution in [0.4, 0.5) is 5.69 Å². The van der Waals surface area contributed by atoms with Gasteiger partial charge in [0.05, 0.1) is 17.6 Å². The average Bonchev–Trinajstić information content (AvgIpc) is 2.46. The highest BCUT2D eigenvalue weighted by Crippen LogP contribution is 2.32. The summed E-state index contributed by atoms with van der Waals surface area (Å²) in [6.07, 6.45) is 6.28. The molecule has 0 spiro atoms. The second-order valence-electron chi connectivity index (χ2n) is 5.31. The van der Waals surface area contributed by atoms with Gasteiger partial charge in [0, 0.05) is 6.07 Å². The van der Waals surface area contributed by atoms with Crippen molar-refractivity contribution in [3.63, 3.8) is 0 Å². The Labute approximate surface area is 127 Å². The van der Waals surface area contributed by atoms with Gasteiger partial charge in [0.1, 0.15) is 4.47 Å². The van der Waals surface area contributed by atoms with Gasteiger partial charge in [-0.3, -0.25) is 10.1 Å². The molecule has 1 aliphatic carbocycles. The van der Waals surface area contributed by atoms with Crippen molar-refractivity contribution in [1.82, 2.24) is 0 Å². The third-order valence-electron chi connectivity index (χ3n) is 4.07. The van der Waals surface area contributed by atoms with E-state index in [1.54, 1.807) is 6.07 Å². The van der Waals surface area contributed by atoms with Gasteiger partial charge in [-0.05, 0) is 40.3 Å². The summed E-state index contributed by atoms with van der Waals surface area (Å²) in [7, 11) is 0. The predicted octanol–water partition coefficient (Wildman–Crippen LogP) is 4.84. The van der Waals surface area contributed by atoms with Crippen molar-refractivity contribution in [2.45, 2.75) is 51.7 Å². The molecule has 1 aromatic rings. The lowest BCUT2D eigenvalue weighted by molar-refractivity contribution is -0.385. The molecule has 0 N–H and O–H groups in total. The van der Waals surface area contributed by atoms with Crippen molar-refractivity contribution in [3.05, 3.63) is 38.3 Å². The lowest BCUT2D eigenvalue weighted by atomic mass is 9.85. The van der Waals surface area contributed by atoms with Crippen molar-refractivity contribution >= 4 is 21.6 Å². The quantitative estimate of drug-likeness (QED) is 0.568. The van der Waals surface area contributed by atoms with Crippen LogP contribution in [0.25, 0.3) is 0 Å². The molecule has 0 bridgehead atoms. The number of hydrogen-bond donors (Lipinski definition) is 0. The number of nitro benzene ring substituents is 1. The fourth-order valence-electron chi connectivity index (χ4n) is 2.88. The zero-order valence-corrected chi connectivity index (χ0v) is 13.3. The van der Waals surface area contributed by atoms with Crippen molar-refractivity contribution < 1.29 is 9.66 Å². The topological polar surface area (TPSA) is 52.4 Å². The molecule has 20 heavy (non-hydrogen) atoms. The molecule has 2 rings (SSSR count). The second-order valence-corrected chi connectivity index (χ2v) is 6.10. The van der Waals surface area contributed by atoms with E-state index in [9.17, 15) is 10.1 Å². The van der Waals surface area contributed by atoms with E-state index in [-0.39, 0.29) is 10.6 Å². The van der Waals surface area contributed by atoms with E-state index >= 15 is 0 Å². The van der Waals surface area contributed by atoms with Crippen molar-refractivity contribution in [3.8, 4) is 0 Å². The molecule has 0 heterocycles. The van der Waals surface area contributed by atoms with Crippen molar-refractivity contribution in [2.24, 2.45) is 5.92 Å². The monoisotopic (exact) mass is 341 g/mol. The number of hydrogen-bond acceptors (Lipinski definition) is 3. The summed E-state index contributed by atoms with van der Waals surface area (Å²) in [6, 6.07) is 5.09. The highest BCUT2D eigenvalue weighted by Gasteiger charge is 2.25. The molecule has 2 atom stereocenters. The molecule has 1 aliphatic rings. The molecular formula is C15H20BrNO3. The standard InChI is InChI=1S/C15H20BrNO3/c1-2-11-6-3-4-9-14(11)20-10-12-7-5-8-13(15(12)16)17(18)19/h5,7-8,11,14H,2-4,6,9-10H2,1H3. The first-order valence-corrected chi connectivity index (χ1v) is 7.96. The Morgan fingerprint density at radius 3 is 2.85 bits per heavy atom. The van der Waals surface area contributed by atoms with E-state index in [4.69, 9.17) is 4.74 Å². The zero-order chi connectivity index (χ0) is 14.5. The minimum absolute atomic E-state index is 0.0989. The smallest absolute Gasteiger partial charge is 0.283 e. The summed E-state index contributed by atoms with van der Waals surface area (Å²) in [5.41, 5.74) is 0.946. The van der Waals surface area contributed by atoms with Crippen LogP contribution in [-0.4, -0.2) is 11.0 Å². The van der Waals surface area contributed by atoms with E-state index < -0.39 is 0 Å². The second kappa shape index (κ2) is 7.18. The summed E-state index contributed by atoms with van der Waals surface area (Å²) >= 11 is 3.32. The first kappa shape index (κ1) is 15.4. The molecule has 0 saturated heterocycles. The molecule has 1 saturated carbocycles. The maximum Gasteiger partial charge on any atom is 0.283 e. The van der Waals surface area contributed by atoms with Crippen LogP contribution in [0.5, 0.6) is 0 Å². The third kappa shape index (κ3) is 3.58. The van der Waals surface area contributed by atoms with Crippen LogP contribution in [0.15, 0.2) is 22.7 Å². The van der Waals surface area contributed by atoms with Crippen LogP contribution >= 0.6 is 15.9 Å². The van der Waals surface area contributed by atoms with Crippen molar-refractivity contribution in [2.75, 3.05) is 0 Å². The number of nitro groups is 1. The number of benzene rings is 1. The van der Waals surface area contributed by atoms with E-state index in [0.29, 0.717) is 23.1 Å². The van der Waals surface area contributed by atoms with Gasteiger partial charge in [0.25, 0.3) is 5.69 Å². The van der Waals surface area contributed by atoms with Gasteiger partial charge in [0.2, 0.25) is 0 Å². The molecule has 0 amide bonds. The maximum absolute atomic E-state index is 10.9. The maximum atomic E-state index is 10.9. The minimum Gasteiger partial charge on any atom is -0.373 e. The highest BCUT2D eigenvalue weighted by molar-refractivity contribution is 9.10. The molecule has 0 radical (unpaired) electrons. The van der Waals surface area contributed by atoms with E-state index in [1.807, 2.05) is 6.07 Å². The summed E-state index contributed by atoms with van der Waals surface area (Å²) in [5, 5.41) is 10.9. The molecule has 2 unspecified atom stereocenters. The lowest BCUT2D eigenvalue weighted by Gasteiger charge is -2.30. The van der Waals surface area contributed by atoms with Crippen LogP contribution in [0, 0.1) is 16.0 Å². The first-order valence-electron chi connectivity index (χ1n) is 7.16. The largest absolute Gasteiger partial charge is 0.373 e. The SMILES string of the molecule is CCC1CCCCC1OCc1cccc([N+](=O)[O-])c1Br. The van der Waals surface area contributed by atoms with Gasteiger partial charge in [-0.1, -0.05) is 38.3 Å². The Bertz CT molecular complexity index is 478. The predicted molar refractivity (Wildman–Crippen MR) is 81.6 cm³/mol. The van der Waals surface area contributed by atoms with E-state index in [2.05, 4.69) is 22.9 Å². The van der Waals surface area contributed by atoms with E-state index in [0.717, 1.165) is 18.4 Å². The summed E-state index contributed by atoms with van der Waals surface area (Å²) in [6.45, 7) is 2.64. The van der Waals surface area contributed by atoms with E-state index in [1.165, 1.54) is 25.3 Å². The highest BCUT2D eigenvalue weighted by atomic mass is 79.9. The van der Waals surface area contributed by atoms with Gasteiger partial charge in [0.15, 0.2) is 0 Å². The fraction of sp³-hybridized carbons (Fsp3) is 0.600. The van der Waals surface area contributed by atoms with Crippen LogP contribution in [0.1, 0.15) is 44.6 Å². The molecule has 0 aliphatic heterocycles. The molecule has 0 aromatic heterocycles. The number of ether oxygens (including phenoxy) is 1. The van der Waals surface area contributed by atoms with Crippen LogP contribution in [0.3, 0.4) is 0 Å². The average molecular weight is 342 g/mol. The lowest BCUT2D eigenvalue weighted by Crippen LogP contribution is -2.27. The summed E-state index contributed by atoms with van der Waals surface area (Å²) in [4.78, 5) is 10.5. The molecule has 4 nitrogen and oxygen atoms in total. The van der Waals surface area contributed by atoms with Gasteiger partial charge in [-0.25, -0.2) is 0 Å². The Hall–Kier alpha value is -0.940. The van der Waals surface area contributed by atoms with Crippen LogP contribution < -0.4 is 0 Å². The van der Waals surface area contributed by atoms with Crippen LogP contribution in [-0.2, 0) is 11.3 Å². The molecule has 110 valence electrons. The van der Waals surface area contributed by atoms with Crippen LogP contribution in [0.2, 0.25) is 0 Å². The number of halogens is 1. The number of nitrogens with zero attached hydrogens (tertiary/aromatic N) is 1. The summed E-state index contributed by atoms with van der Waals surface area (Å²) in [5.74, 6) is 0.626. The normalized spacial score (nSPS) is 22.7. The zero-order valence-electron chi connectivity index (χ0n) is 11.7. The molecule has 1 aromatic carbocycles. The molecular weight excluding hydrogens is 322 g/mol. The Kier molecular flexibility index (Phi) is 5.54. The fourth-order valence-corrected chi connectivity index (χ4v) is 3.40. The summed E-state index contributed by atoms with van der Waals surface area (Å²) < 4.78 is 6.57. The van der Waals surface area contributed by atoms with Gasteiger partial charge < -0.3 is 4.74 Å². The van der Waals surface area contributed by atoms with Gasteiger partial charge >= 0.3 is 0 Å². The Balaban J connectivity index is 2.03. The minimum atomic E-state index is -0.372. The Morgan fingerprint density at radius 2 is 2.15 bits per heavy atom. The molecule has 5 heteroatoms. The number of rotatable bonds is 5. The van der Waals surface area contributed by atoms with Gasteiger partial charge in [-0.15, -0.1) is 0 Å². The third-order valence-corrected chi connectivity index (χ3v) is 4.99. The Morgan fingerprint density at radius 1 is 1.40 bits per heavy atom. The van der Waals surface area contributed by atoms with Gasteiger partial charge in [-0.2, -0.15) is 0 Å². The van der Waals surface area contributed by atoms with Crippen molar-refractivity contribution in [1.29, 1.82) is 0 Å².